The molecule has 0 spiro atoms. The van der Waals surface area contributed by atoms with E-state index in [9.17, 15) is 0 Å². The van der Waals surface area contributed by atoms with Crippen molar-refractivity contribution in [2.75, 3.05) is 9.80 Å². The summed E-state index contributed by atoms with van der Waals surface area (Å²) in [5.41, 5.74) is 20.0. The van der Waals surface area contributed by atoms with Crippen LogP contribution in [-0.2, 0) is 0 Å². The standard InChI is InChI=1S/C52H36N2S/c1-3-13-35(14-4-1)53(36-15-5-2-6-16-36)37-29-25-33(26-30-37)34-27-31-38(32-28-34)54-45-23-12-21-42-40-18-8-7-17-39(40)41-20-11-22-44-47(41)50(48(42)45)51(54)49-43-19-9-10-24-46(43)55-52(44)49/h1-32,49-52H. The van der Waals surface area contributed by atoms with Crippen molar-refractivity contribution in [2.45, 2.75) is 28.0 Å². The van der Waals surface area contributed by atoms with Crippen LogP contribution in [-0.4, -0.2) is 6.04 Å². The van der Waals surface area contributed by atoms with Crippen molar-refractivity contribution in [3.63, 3.8) is 0 Å². The molecule has 12 rings (SSSR count). The Morgan fingerprint density at radius 2 is 0.945 bits per heavy atom. The van der Waals surface area contributed by atoms with Crippen LogP contribution in [0.3, 0.4) is 0 Å². The lowest BCUT2D eigenvalue weighted by atomic mass is 9.68. The Labute approximate surface area is 326 Å². The number of benzene rings is 8. The van der Waals surface area contributed by atoms with Crippen LogP contribution >= 0.6 is 11.8 Å². The summed E-state index contributed by atoms with van der Waals surface area (Å²) in [6.07, 6.45) is 0. The van der Waals surface area contributed by atoms with Gasteiger partial charge in [0.1, 0.15) is 0 Å². The van der Waals surface area contributed by atoms with E-state index in [1.807, 2.05) is 0 Å². The first-order chi connectivity index (χ1) is 27.3. The van der Waals surface area contributed by atoms with Crippen LogP contribution in [0.25, 0.3) is 33.4 Å². The summed E-state index contributed by atoms with van der Waals surface area (Å²) < 4.78 is 0. The van der Waals surface area contributed by atoms with Crippen LogP contribution < -0.4 is 9.80 Å². The molecule has 4 unspecified atom stereocenters. The fraction of sp³-hybridized carbons (Fsp3) is 0.0769. The zero-order valence-corrected chi connectivity index (χ0v) is 30.9. The second-order valence-corrected chi connectivity index (χ2v) is 16.3. The molecule has 0 bridgehead atoms. The Hall–Kier alpha value is -6.29. The van der Waals surface area contributed by atoms with E-state index in [2.05, 4.69) is 216 Å². The molecule has 0 aromatic heterocycles. The molecular weight excluding hydrogens is 685 g/mol. The van der Waals surface area contributed by atoms with Gasteiger partial charge in [-0.05, 0) is 116 Å². The minimum atomic E-state index is 0.257. The molecule has 8 aromatic rings. The van der Waals surface area contributed by atoms with Crippen LogP contribution in [0.2, 0.25) is 0 Å². The highest BCUT2D eigenvalue weighted by Gasteiger charge is 2.56. The molecule has 2 aliphatic heterocycles. The number of hydrogen-bond acceptors (Lipinski definition) is 3. The van der Waals surface area contributed by atoms with Gasteiger partial charge < -0.3 is 9.80 Å². The number of thioether (sulfide) groups is 1. The molecule has 4 atom stereocenters. The van der Waals surface area contributed by atoms with Crippen LogP contribution in [0.4, 0.5) is 28.4 Å². The van der Waals surface area contributed by atoms with Gasteiger partial charge in [-0.25, -0.2) is 0 Å². The highest BCUT2D eigenvalue weighted by molar-refractivity contribution is 8.00. The quantitative estimate of drug-likeness (QED) is 0.175. The van der Waals surface area contributed by atoms with E-state index >= 15 is 0 Å². The molecule has 0 amide bonds. The average Bonchev–Trinajstić information content (AvgIpc) is 3.78. The predicted molar refractivity (Wildman–Crippen MR) is 229 cm³/mol. The smallest absolute Gasteiger partial charge is 0.0535 e. The minimum Gasteiger partial charge on any atom is -0.336 e. The molecule has 2 heterocycles. The molecule has 260 valence electrons. The first kappa shape index (κ1) is 31.1. The lowest BCUT2D eigenvalue weighted by molar-refractivity contribution is 0.468. The fourth-order valence-corrected chi connectivity index (χ4v) is 11.8. The van der Waals surface area contributed by atoms with E-state index in [-0.39, 0.29) is 12.0 Å². The number of rotatable bonds is 5. The van der Waals surface area contributed by atoms with Gasteiger partial charge in [-0.2, -0.15) is 0 Å². The molecule has 8 aromatic carbocycles. The third kappa shape index (κ3) is 4.57. The molecule has 2 aliphatic carbocycles. The largest absolute Gasteiger partial charge is 0.336 e. The second kappa shape index (κ2) is 12.1. The summed E-state index contributed by atoms with van der Waals surface area (Å²) in [6.45, 7) is 0. The third-order valence-corrected chi connectivity index (χ3v) is 13.8. The normalized spacial score (nSPS) is 19.2. The van der Waals surface area contributed by atoms with E-state index in [0.29, 0.717) is 11.2 Å². The van der Waals surface area contributed by atoms with Gasteiger partial charge in [0.05, 0.1) is 6.04 Å². The molecule has 0 saturated heterocycles. The van der Waals surface area contributed by atoms with Crippen molar-refractivity contribution < 1.29 is 0 Å². The third-order valence-electron chi connectivity index (χ3n) is 12.4. The molecule has 0 N–H and O–H groups in total. The summed E-state index contributed by atoms with van der Waals surface area (Å²) >= 11 is 2.07. The number of nitrogens with zero attached hydrogens (tertiary/aromatic N) is 2. The van der Waals surface area contributed by atoms with Crippen molar-refractivity contribution in [1.29, 1.82) is 0 Å². The lowest BCUT2D eigenvalue weighted by Crippen LogP contribution is -2.41. The molecule has 4 aliphatic rings. The van der Waals surface area contributed by atoms with Crippen LogP contribution in [0, 0.1) is 0 Å². The van der Waals surface area contributed by atoms with Crippen molar-refractivity contribution in [3.8, 4) is 33.4 Å². The first-order valence-electron chi connectivity index (χ1n) is 19.3. The number of para-hydroxylation sites is 2. The molecule has 0 radical (unpaired) electrons. The summed E-state index contributed by atoms with van der Waals surface area (Å²) in [6, 6.07) is 72.3. The van der Waals surface area contributed by atoms with Crippen LogP contribution in [0.1, 0.15) is 39.3 Å². The van der Waals surface area contributed by atoms with Crippen molar-refractivity contribution in [2.24, 2.45) is 0 Å². The summed E-state index contributed by atoms with van der Waals surface area (Å²) in [7, 11) is 0. The van der Waals surface area contributed by atoms with Crippen molar-refractivity contribution >= 4 is 40.2 Å². The van der Waals surface area contributed by atoms with E-state index in [1.54, 1.807) is 0 Å². The molecule has 0 saturated carbocycles. The number of hydrogen-bond donors (Lipinski definition) is 0. The zero-order chi connectivity index (χ0) is 36.0. The van der Waals surface area contributed by atoms with Gasteiger partial charge in [0.25, 0.3) is 0 Å². The number of anilines is 5. The number of fused-ring (bicyclic) bond motifs is 8. The molecular formula is C52H36N2S. The monoisotopic (exact) mass is 720 g/mol. The van der Waals surface area contributed by atoms with Gasteiger partial charge in [-0.1, -0.05) is 133 Å². The van der Waals surface area contributed by atoms with Gasteiger partial charge in [0.15, 0.2) is 0 Å². The molecule has 55 heavy (non-hydrogen) atoms. The first-order valence-corrected chi connectivity index (χ1v) is 20.2. The minimum absolute atomic E-state index is 0.257. The second-order valence-electron chi connectivity index (χ2n) is 15.1. The molecule has 2 nitrogen and oxygen atoms in total. The Morgan fingerprint density at radius 3 is 1.64 bits per heavy atom. The van der Waals surface area contributed by atoms with E-state index in [4.69, 9.17) is 0 Å². The molecule has 0 fully saturated rings. The van der Waals surface area contributed by atoms with Crippen molar-refractivity contribution in [1.82, 2.24) is 0 Å². The predicted octanol–water partition coefficient (Wildman–Crippen LogP) is 14.1. The van der Waals surface area contributed by atoms with Crippen LogP contribution in [0.15, 0.2) is 199 Å². The van der Waals surface area contributed by atoms with Crippen LogP contribution in [0.5, 0.6) is 0 Å². The zero-order valence-electron chi connectivity index (χ0n) is 30.1. The molecule has 3 heteroatoms. The van der Waals surface area contributed by atoms with Gasteiger partial charge in [-0.3, -0.25) is 0 Å². The van der Waals surface area contributed by atoms with Gasteiger partial charge >= 0.3 is 0 Å². The van der Waals surface area contributed by atoms with E-state index < -0.39 is 0 Å². The lowest BCUT2D eigenvalue weighted by Gasteiger charge is -2.43. The maximum atomic E-state index is 2.72. The maximum absolute atomic E-state index is 2.72. The average molecular weight is 721 g/mol. The van der Waals surface area contributed by atoms with E-state index in [0.717, 1.165) is 17.1 Å². The topological polar surface area (TPSA) is 6.48 Å². The maximum Gasteiger partial charge on any atom is 0.0535 e. The van der Waals surface area contributed by atoms with Crippen molar-refractivity contribution in [3.05, 3.63) is 216 Å². The fourth-order valence-electron chi connectivity index (χ4n) is 10.2. The Kier molecular flexibility index (Phi) is 6.85. The highest BCUT2D eigenvalue weighted by atomic mass is 32.2. The summed E-state index contributed by atoms with van der Waals surface area (Å²) in [5.74, 6) is 0.627. The Morgan fingerprint density at radius 1 is 0.418 bits per heavy atom. The van der Waals surface area contributed by atoms with Gasteiger partial charge in [-0.15, -0.1) is 11.8 Å². The summed E-state index contributed by atoms with van der Waals surface area (Å²) in [4.78, 5) is 6.47. The highest BCUT2D eigenvalue weighted by Crippen LogP contribution is 2.69. The van der Waals surface area contributed by atoms with Gasteiger partial charge in [0.2, 0.25) is 0 Å². The van der Waals surface area contributed by atoms with Gasteiger partial charge in [0, 0.05) is 50.4 Å². The SMILES string of the molecule is c1ccc(N(c2ccccc2)c2ccc(-c3ccc(N4c5cccc6c5C5c7c(cccc7C7Sc8ccccc8C7C54)-c4ccccc4-6)cc3)cc2)cc1. The Bertz CT molecular complexity index is 2720. The Balaban J connectivity index is 0.980. The summed E-state index contributed by atoms with van der Waals surface area (Å²) in [5, 5.41) is 0.364. The van der Waals surface area contributed by atoms with E-state index in [1.165, 1.54) is 71.9 Å².